The molecule has 5 heteroatoms. The van der Waals surface area contributed by atoms with Crippen LogP contribution < -0.4 is 0 Å². The number of aliphatic hydroxyl groups is 1. The van der Waals surface area contributed by atoms with Gasteiger partial charge in [-0.2, -0.15) is 0 Å². The van der Waals surface area contributed by atoms with E-state index >= 15 is 0 Å². The van der Waals surface area contributed by atoms with Gasteiger partial charge in [0.05, 0.1) is 12.7 Å². The summed E-state index contributed by atoms with van der Waals surface area (Å²) < 4.78 is 22.2. The van der Waals surface area contributed by atoms with Gasteiger partial charge in [0.25, 0.3) is 0 Å². The first-order valence-corrected chi connectivity index (χ1v) is 5.79. The van der Waals surface area contributed by atoms with E-state index in [4.69, 9.17) is 18.9 Å². The van der Waals surface area contributed by atoms with Gasteiger partial charge in [0.1, 0.15) is 12.2 Å². The topological polar surface area (TPSA) is 57.2 Å². The van der Waals surface area contributed by atoms with Crippen molar-refractivity contribution in [3.63, 3.8) is 0 Å². The third-order valence-electron chi connectivity index (χ3n) is 2.87. The van der Waals surface area contributed by atoms with E-state index in [2.05, 4.69) is 0 Å². The summed E-state index contributed by atoms with van der Waals surface area (Å²) >= 11 is 0. The highest BCUT2D eigenvalue weighted by Crippen LogP contribution is 2.32. The monoisotopic (exact) mass is 232 g/mol. The highest BCUT2D eigenvalue weighted by molar-refractivity contribution is 4.88. The van der Waals surface area contributed by atoms with Gasteiger partial charge in [-0.1, -0.05) is 0 Å². The summed E-state index contributed by atoms with van der Waals surface area (Å²) in [6.45, 7) is 6.58. The Morgan fingerprint density at radius 2 is 2.19 bits per heavy atom. The summed E-state index contributed by atoms with van der Waals surface area (Å²) in [5.74, 6) is -0.649. The number of hydrogen-bond acceptors (Lipinski definition) is 5. The lowest BCUT2D eigenvalue weighted by atomic mass is 10.00. The number of hydrogen-bond donors (Lipinski definition) is 1. The molecule has 2 heterocycles. The highest BCUT2D eigenvalue weighted by atomic mass is 16.8. The van der Waals surface area contributed by atoms with Gasteiger partial charge < -0.3 is 24.1 Å². The summed E-state index contributed by atoms with van der Waals surface area (Å²) in [6.07, 6.45) is -1.02. The lowest BCUT2D eigenvalue weighted by Crippen LogP contribution is -2.59. The summed E-state index contributed by atoms with van der Waals surface area (Å²) in [7, 11) is 0. The molecule has 5 nitrogen and oxygen atoms in total. The fourth-order valence-corrected chi connectivity index (χ4v) is 2.13. The Labute approximate surface area is 95.6 Å². The van der Waals surface area contributed by atoms with Crippen molar-refractivity contribution < 1.29 is 24.1 Å². The van der Waals surface area contributed by atoms with Crippen molar-refractivity contribution in [3.8, 4) is 0 Å². The molecule has 0 aromatic heterocycles. The van der Waals surface area contributed by atoms with Crippen LogP contribution in [0.4, 0.5) is 0 Å². The van der Waals surface area contributed by atoms with Gasteiger partial charge in [-0.3, -0.25) is 0 Å². The van der Waals surface area contributed by atoms with Crippen LogP contribution in [-0.2, 0) is 18.9 Å². The molecule has 0 bridgehead atoms. The summed E-state index contributed by atoms with van der Waals surface area (Å²) in [6, 6.07) is 0. The van der Waals surface area contributed by atoms with Crippen molar-refractivity contribution in [3.05, 3.63) is 0 Å². The Morgan fingerprint density at radius 3 is 2.88 bits per heavy atom. The fraction of sp³-hybridized carbons (Fsp3) is 1.00. The maximum atomic E-state index is 9.99. The van der Waals surface area contributed by atoms with Crippen molar-refractivity contribution in [2.75, 3.05) is 13.2 Å². The SMILES string of the molecule is CCO[C@@H]1CC(O)[C@@H]2OC(C)(C)OCC2O1. The van der Waals surface area contributed by atoms with Crippen LogP contribution in [0.5, 0.6) is 0 Å². The lowest BCUT2D eigenvalue weighted by Gasteiger charge is -2.46. The third-order valence-corrected chi connectivity index (χ3v) is 2.87. The Kier molecular flexibility index (Phi) is 3.51. The molecule has 0 radical (unpaired) electrons. The largest absolute Gasteiger partial charge is 0.390 e. The number of fused-ring (bicyclic) bond motifs is 1. The number of rotatable bonds is 2. The van der Waals surface area contributed by atoms with Crippen LogP contribution in [0.15, 0.2) is 0 Å². The van der Waals surface area contributed by atoms with E-state index in [-0.39, 0.29) is 18.5 Å². The van der Waals surface area contributed by atoms with E-state index in [1.807, 2.05) is 20.8 Å². The van der Waals surface area contributed by atoms with E-state index in [0.29, 0.717) is 19.6 Å². The molecule has 94 valence electrons. The molecule has 0 spiro atoms. The molecule has 0 aliphatic carbocycles. The van der Waals surface area contributed by atoms with Gasteiger partial charge in [-0.25, -0.2) is 0 Å². The first-order valence-electron chi connectivity index (χ1n) is 5.79. The predicted molar refractivity (Wildman–Crippen MR) is 55.8 cm³/mol. The van der Waals surface area contributed by atoms with Crippen LogP contribution >= 0.6 is 0 Å². The van der Waals surface area contributed by atoms with Gasteiger partial charge in [-0.05, 0) is 20.8 Å². The molecule has 4 atom stereocenters. The van der Waals surface area contributed by atoms with Crippen LogP contribution in [-0.4, -0.2) is 48.7 Å². The lowest BCUT2D eigenvalue weighted by molar-refractivity contribution is -0.363. The molecule has 2 fully saturated rings. The van der Waals surface area contributed by atoms with Gasteiger partial charge in [0, 0.05) is 13.0 Å². The zero-order valence-corrected chi connectivity index (χ0v) is 10.0. The second-order valence-corrected chi connectivity index (χ2v) is 4.66. The standard InChI is InChI=1S/C11H20O5/c1-4-13-9-5-7(12)10-8(15-9)6-14-11(2,3)16-10/h7-10,12H,4-6H2,1-3H3/t7?,8?,9-,10-/m0/s1. The minimum Gasteiger partial charge on any atom is -0.390 e. The van der Waals surface area contributed by atoms with Crippen molar-refractivity contribution >= 4 is 0 Å². The van der Waals surface area contributed by atoms with Crippen molar-refractivity contribution in [1.29, 1.82) is 0 Å². The highest BCUT2D eigenvalue weighted by Gasteiger charge is 2.46. The van der Waals surface area contributed by atoms with E-state index < -0.39 is 11.9 Å². The zero-order chi connectivity index (χ0) is 11.8. The maximum absolute atomic E-state index is 9.99. The summed E-state index contributed by atoms with van der Waals surface area (Å²) in [4.78, 5) is 0. The normalized spacial score (nSPS) is 42.8. The van der Waals surface area contributed by atoms with E-state index in [1.54, 1.807) is 0 Å². The summed E-state index contributed by atoms with van der Waals surface area (Å²) in [5.41, 5.74) is 0. The molecule has 16 heavy (non-hydrogen) atoms. The minimum atomic E-state index is -0.649. The van der Waals surface area contributed by atoms with Crippen LogP contribution in [0.2, 0.25) is 0 Å². The zero-order valence-electron chi connectivity index (χ0n) is 10.0. The van der Waals surface area contributed by atoms with Crippen molar-refractivity contribution in [2.24, 2.45) is 0 Å². The molecule has 0 saturated carbocycles. The van der Waals surface area contributed by atoms with Gasteiger partial charge in [0.15, 0.2) is 12.1 Å². The number of ether oxygens (including phenoxy) is 4. The van der Waals surface area contributed by atoms with Crippen LogP contribution in [0.1, 0.15) is 27.2 Å². The second-order valence-electron chi connectivity index (χ2n) is 4.66. The van der Waals surface area contributed by atoms with Crippen LogP contribution in [0, 0.1) is 0 Å². The molecule has 2 aliphatic heterocycles. The van der Waals surface area contributed by atoms with Crippen molar-refractivity contribution in [1.82, 2.24) is 0 Å². The first-order chi connectivity index (χ1) is 7.52. The Morgan fingerprint density at radius 1 is 1.44 bits per heavy atom. The van der Waals surface area contributed by atoms with Crippen LogP contribution in [0.3, 0.4) is 0 Å². The van der Waals surface area contributed by atoms with Gasteiger partial charge in [0.2, 0.25) is 0 Å². The Bertz CT molecular complexity index is 243. The fourth-order valence-electron chi connectivity index (χ4n) is 2.13. The van der Waals surface area contributed by atoms with Gasteiger partial charge >= 0.3 is 0 Å². The molecule has 2 saturated heterocycles. The molecule has 2 aliphatic rings. The molecule has 2 unspecified atom stereocenters. The minimum absolute atomic E-state index is 0.242. The van der Waals surface area contributed by atoms with Crippen molar-refractivity contribution in [2.45, 2.75) is 57.6 Å². The second kappa shape index (κ2) is 4.58. The van der Waals surface area contributed by atoms with E-state index in [0.717, 1.165) is 0 Å². The Balaban J connectivity index is 1.99. The van der Waals surface area contributed by atoms with Crippen LogP contribution in [0.25, 0.3) is 0 Å². The third kappa shape index (κ3) is 2.55. The summed E-state index contributed by atoms with van der Waals surface area (Å²) in [5, 5.41) is 9.99. The molecular weight excluding hydrogens is 212 g/mol. The molecule has 0 aromatic rings. The number of aliphatic hydroxyl groups excluding tert-OH is 1. The van der Waals surface area contributed by atoms with E-state index in [9.17, 15) is 5.11 Å². The molecule has 0 aromatic carbocycles. The average Bonchev–Trinajstić information content (AvgIpc) is 2.19. The smallest absolute Gasteiger partial charge is 0.163 e. The maximum Gasteiger partial charge on any atom is 0.163 e. The van der Waals surface area contributed by atoms with Gasteiger partial charge in [-0.15, -0.1) is 0 Å². The quantitative estimate of drug-likeness (QED) is 0.757. The first kappa shape index (κ1) is 12.3. The molecule has 1 N–H and O–H groups in total. The molecular formula is C11H20O5. The predicted octanol–water partition coefficient (Wildman–Crippen LogP) is 0.650. The Hall–Kier alpha value is -0.200. The van der Waals surface area contributed by atoms with E-state index in [1.165, 1.54) is 0 Å². The average molecular weight is 232 g/mol. The molecule has 2 rings (SSSR count). The molecule has 0 amide bonds.